The summed E-state index contributed by atoms with van der Waals surface area (Å²) in [6.45, 7) is 0. The average Bonchev–Trinajstić information content (AvgIpc) is 3.59. The van der Waals surface area contributed by atoms with Crippen LogP contribution in [0.4, 0.5) is 11.4 Å². The van der Waals surface area contributed by atoms with Crippen molar-refractivity contribution in [1.29, 1.82) is 0 Å². The van der Waals surface area contributed by atoms with Gasteiger partial charge in [0.05, 0.1) is 5.69 Å². The molecule has 0 fully saturated rings. The SMILES string of the molecule is Nc1c(C(=O)Nc2ccc(C(=O)C=Cc3cccs3)cc2)sc2nc3c(cc12)CC(c1ccccc1)CC3. The molecular formula is C31H25N3O2S2. The Morgan fingerprint density at radius 1 is 1.03 bits per heavy atom. The number of pyridine rings is 1. The van der Waals surface area contributed by atoms with E-state index in [9.17, 15) is 9.59 Å². The highest BCUT2D eigenvalue weighted by Crippen LogP contribution is 2.38. The van der Waals surface area contributed by atoms with Gasteiger partial charge in [0.15, 0.2) is 5.78 Å². The number of carbonyl (C=O) groups excluding carboxylic acids is 2. The molecule has 3 heterocycles. The monoisotopic (exact) mass is 535 g/mol. The summed E-state index contributed by atoms with van der Waals surface area (Å²) in [5.74, 6) is 0.100. The lowest BCUT2D eigenvalue weighted by atomic mass is 9.82. The van der Waals surface area contributed by atoms with Crippen LogP contribution in [-0.4, -0.2) is 16.7 Å². The largest absolute Gasteiger partial charge is 0.397 e. The maximum absolute atomic E-state index is 13.1. The lowest BCUT2D eigenvalue weighted by Crippen LogP contribution is -2.14. The number of fused-ring (bicyclic) bond motifs is 2. The zero-order chi connectivity index (χ0) is 26.1. The molecule has 188 valence electrons. The number of nitrogens with zero attached hydrogens (tertiary/aromatic N) is 1. The van der Waals surface area contributed by atoms with Gasteiger partial charge in [-0.25, -0.2) is 4.98 Å². The predicted octanol–water partition coefficient (Wildman–Crippen LogP) is 7.36. The van der Waals surface area contributed by atoms with E-state index in [1.807, 2.05) is 23.6 Å². The number of hydrogen-bond acceptors (Lipinski definition) is 6. The van der Waals surface area contributed by atoms with Crippen molar-refractivity contribution in [3.8, 4) is 0 Å². The molecule has 1 aliphatic carbocycles. The van der Waals surface area contributed by atoms with E-state index in [4.69, 9.17) is 10.7 Å². The number of nitrogens with two attached hydrogens (primary N) is 1. The summed E-state index contributed by atoms with van der Waals surface area (Å²) in [6.07, 6.45) is 6.27. The van der Waals surface area contributed by atoms with E-state index < -0.39 is 0 Å². The van der Waals surface area contributed by atoms with Crippen LogP contribution in [0.15, 0.2) is 84.3 Å². The first-order valence-corrected chi connectivity index (χ1v) is 14.2. The van der Waals surface area contributed by atoms with Crippen LogP contribution in [0.2, 0.25) is 0 Å². The van der Waals surface area contributed by atoms with E-state index in [0.717, 1.165) is 40.1 Å². The van der Waals surface area contributed by atoms with Crippen LogP contribution in [0.25, 0.3) is 16.3 Å². The fourth-order valence-electron chi connectivity index (χ4n) is 4.91. The fraction of sp³-hybridized carbons (Fsp3) is 0.129. The molecule has 5 aromatic rings. The summed E-state index contributed by atoms with van der Waals surface area (Å²) in [4.78, 5) is 32.8. The van der Waals surface area contributed by atoms with E-state index in [1.165, 1.54) is 22.5 Å². The van der Waals surface area contributed by atoms with E-state index in [-0.39, 0.29) is 11.7 Å². The Kier molecular flexibility index (Phi) is 6.62. The van der Waals surface area contributed by atoms with Crippen LogP contribution in [0.5, 0.6) is 0 Å². The first-order chi connectivity index (χ1) is 18.5. The summed E-state index contributed by atoms with van der Waals surface area (Å²) < 4.78 is 0. The second-order valence-corrected chi connectivity index (χ2v) is 11.4. The number of hydrogen-bond donors (Lipinski definition) is 2. The van der Waals surface area contributed by atoms with Gasteiger partial charge >= 0.3 is 0 Å². The molecule has 0 saturated carbocycles. The van der Waals surface area contributed by atoms with E-state index >= 15 is 0 Å². The Hall–Kier alpha value is -4.07. The van der Waals surface area contributed by atoms with Gasteiger partial charge < -0.3 is 11.1 Å². The minimum Gasteiger partial charge on any atom is -0.397 e. The Labute approximate surface area is 228 Å². The van der Waals surface area contributed by atoms with Crippen molar-refractivity contribution in [1.82, 2.24) is 4.98 Å². The molecule has 0 spiro atoms. The minimum absolute atomic E-state index is 0.0884. The third kappa shape index (κ3) is 4.90. The number of nitrogen functional groups attached to an aromatic ring is 1. The summed E-state index contributed by atoms with van der Waals surface area (Å²) in [7, 11) is 0. The van der Waals surface area contributed by atoms with E-state index in [0.29, 0.717) is 27.7 Å². The molecule has 3 N–H and O–H groups in total. The second kappa shape index (κ2) is 10.4. The molecule has 1 amide bonds. The number of benzene rings is 2. The number of rotatable bonds is 6. The van der Waals surface area contributed by atoms with Crippen molar-refractivity contribution in [2.24, 2.45) is 0 Å². The maximum Gasteiger partial charge on any atom is 0.267 e. The lowest BCUT2D eigenvalue weighted by Gasteiger charge is -2.24. The minimum atomic E-state index is -0.276. The molecule has 7 heteroatoms. The summed E-state index contributed by atoms with van der Waals surface area (Å²) in [5, 5.41) is 5.72. The van der Waals surface area contributed by atoms with E-state index in [2.05, 4.69) is 35.6 Å². The smallest absolute Gasteiger partial charge is 0.267 e. The van der Waals surface area contributed by atoms with Gasteiger partial charge in [0, 0.05) is 27.2 Å². The molecule has 3 aromatic heterocycles. The summed E-state index contributed by atoms with van der Waals surface area (Å²) >= 11 is 2.90. The zero-order valence-electron chi connectivity index (χ0n) is 20.5. The van der Waals surface area contributed by atoms with Crippen LogP contribution in [0, 0.1) is 0 Å². The number of anilines is 2. The Morgan fingerprint density at radius 3 is 2.61 bits per heavy atom. The van der Waals surface area contributed by atoms with Gasteiger partial charge in [-0.1, -0.05) is 36.4 Å². The third-order valence-corrected chi connectivity index (χ3v) is 8.88. The van der Waals surface area contributed by atoms with Gasteiger partial charge in [0.1, 0.15) is 9.71 Å². The van der Waals surface area contributed by atoms with Gasteiger partial charge in [-0.15, -0.1) is 22.7 Å². The number of carbonyl (C=O) groups is 2. The quantitative estimate of drug-likeness (QED) is 0.176. The van der Waals surface area contributed by atoms with Gasteiger partial charge in [-0.05, 0) is 90.2 Å². The number of amides is 1. The molecule has 0 saturated heterocycles. The molecule has 1 unspecified atom stereocenters. The highest BCUT2D eigenvalue weighted by molar-refractivity contribution is 7.21. The molecule has 38 heavy (non-hydrogen) atoms. The number of ketones is 1. The highest BCUT2D eigenvalue weighted by atomic mass is 32.1. The van der Waals surface area contributed by atoms with Gasteiger partial charge in [0.25, 0.3) is 5.91 Å². The standard InChI is InChI=1S/C31H25N3O2S2/c32-28-25-18-22-17-21(19-5-2-1-3-6-19)10-14-26(22)34-31(25)38-29(28)30(36)33-23-11-8-20(9-12-23)27(35)15-13-24-7-4-16-37-24/h1-9,11-13,15-16,18,21H,10,14,17,32H2,(H,33,36). The molecule has 6 rings (SSSR count). The van der Waals surface area contributed by atoms with Crippen LogP contribution >= 0.6 is 22.7 Å². The van der Waals surface area contributed by atoms with Crippen molar-refractivity contribution >= 4 is 62.0 Å². The average molecular weight is 536 g/mol. The van der Waals surface area contributed by atoms with Crippen LogP contribution in [0.1, 0.15) is 54.1 Å². The number of aryl methyl sites for hydroxylation is 1. The normalized spacial score (nSPS) is 15.0. The van der Waals surface area contributed by atoms with Crippen molar-refractivity contribution < 1.29 is 9.59 Å². The summed E-state index contributed by atoms with van der Waals surface area (Å²) in [6, 6.07) is 23.5. The Balaban J connectivity index is 1.18. The van der Waals surface area contributed by atoms with Crippen LogP contribution in [0.3, 0.4) is 0 Å². The molecule has 1 atom stereocenters. The van der Waals surface area contributed by atoms with Crippen molar-refractivity contribution in [3.05, 3.63) is 116 Å². The molecular weight excluding hydrogens is 510 g/mol. The topological polar surface area (TPSA) is 85.1 Å². The van der Waals surface area contributed by atoms with Crippen LogP contribution in [-0.2, 0) is 12.8 Å². The zero-order valence-corrected chi connectivity index (χ0v) is 22.1. The van der Waals surface area contributed by atoms with Crippen molar-refractivity contribution in [2.75, 3.05) is 11.1 Å². The Morgan fingerprint density at radius 2 is 1.84 bits per heavy atom. The predicted molar refractivity (Wildman–Crippen MR) is 157 cm³/mol. The van der Waals surface area contributed by atoms with Crippen molar-refractivity contribution in [3.63, 3.8) is 0 Å². The van der Waals surface area contributed by atoms with Gasteiger partial charge in [-0.2, -0.15) is 0 Å². The first-order valence-electron chi connectivity index (χ1n) is 12.5. The van der Waals surface area contributed by atoms with Crippen LogP contribution < -0.4 is 11.1 Å². The number of thiophene rings is 2. The Bertz CT molecular complexity index is 1650. The fourth-order valence-corrected chi connectivity index (χ4v) is 6.52. The second-order valence-electron chi connectivity index (χ2n) is 9.39. The summed E-state index contributed by atoms with van der Waals surface area (Å²) in [5.41, 5.74) is 11.8. The number of allylic oxidation sites excluding steroid dienone is 1. The maximum atomic E-state index is 13.1. The number of nitrogens with one attached hydrogen (secondary N) is 1. The first kappa shape index (κ1) is 24.3. The van der Waals surface area contributed by atoms with Gasteiger partial charge in [-0.3, -0.25) is 9.59 Å². The molecule has 5 nitrogen and oxygen atoms in total. The highest BCUT2D eigenvalue weighted by Gasteiger charge is 2.24. The molecule has 0 aliphatic heterocycles. The molecule has 2 aromatic carbocycles. The molecule has 0 radical (unpaired) electrons. The van der Waals surface area contributed by atoms with E-state index in [1.54, 1.807) is 47.8 Å². The molecule has 0 bridgehead atoms. The number of aromatic nitrogens is 1. The third-order valence-electron chi connectivity index (χ3n) is 6.93. The van der Waals surface area contributed by atoms with Gasteiger partial charge in [0.2, 0.25) is 0 Å². The molecule has 1 aliphatic rings. The van der Waals surface area contributed by atoms with Crippen molar-refractivity contribution in [2.45, 2.75) is 25.2 Å². The lowest BCUT2D eigenvalue weighted by molar-refractivity contribution is 0.102.